The minimum atomic E-state index is -0.754. The number of aryl methyl sites for hydroxylation is 1. The lowest BCUT2D eigenvalue weighted by atomic mass is 9.96. The van der Waals surface area contributed by atoms with Crippen LogP contribution in [-0.2, 0) is 16.0 Å². The number of nitrogens with one attached hydrogen (secondary N) is 1. The van der Waals surface area contributed by atoms with Crippen LogP contribution in [0, 0.1) is 12.3 Å². The highest BCUT2D eigenvalue weighted by atomic mass is 16.6. The molecule has 1 aliphatic heterocycles. The average molecular weight is 504 g/mol. The first kappa shape index (κ1) is 26.1. The molecule has 0 aromatic carbocycles. The monoisotopic (exact) mass is 503 g/mol. The van der Waals surface area contributed by atoms with Crippen LogP contribution >= 0.6 is 0 Å². The Morgan fingerprint density at radius 3 is 2.75 bits per heavy atom. The van der Waals surface area contributed by atoms with Gasteiger partial charge in [-0.1, -0.05) is 20.8 Å². The third kappa shape index (κ3) is 5.41. The first-order chi connectivity index (χ1) is 17.0. The second-order valence-electron chi connectivity index (χ2n) is 10.6. The van der Waals surface area contributed by atoms with Crippen LogP contribution in [0.25, 0.3) is 11.7 Å². The third-order valence-corrected chi connectivity index (χ3v) is 6.17. The van der Waals surface area contributed by atoms with Crippen molar-refractivity contribution >= 4 is 17.6 Å². The van der Waals surface area contributed by atoms with Gasteiger partial charge in [0.05, 0.1) is 31.6 Å². The Hall–Kier alpha value is -2.93. The van der Waals surface area contributed by atoms with Gasteiger partial charge in [-0.15, -0.1) is 0 Å². The van der Waals surface area contributed by atoms with Gasteiger partial charge in [-0.3, -0.25) is 14.8 Å². The maximum atomic E-state index is 13.5. The molecule has 2 aromatic rings. The average Bonchev–Trinajstić information content (AvgIpc) is 3.55. The smallest absolute Gasteiger partial charge is 0.286 e. The van der Waals surface area contributed by atoms with E-state index in [2.05, 4.69) is 10.4 Å². The Bertz CT molecular complexity index is 1210. The quantitative estimate of drug-likeness (QED) is 0.500. The van der Waals surface area contributed by atoms with Crippen molar-refractivity contribution in [1.29, 1.82) is 0 Å². The van der Waals surface area contributed by atoms with Crippen molar-refractivity contribution in [3.63, 3.8) is 0 Å². The predicted octanol–water partition coefficient (Wildman–Crippen LogP) is 0.740. The van der Waals surface area contributed by atoms with E-state index in [0.717, 1.165) is 22.5 Å². The molecule has 1 saturated heterocycles. The Morgan fingerprint density at radius 1 is 1.39 bits per heavy atom. The van der Waals surface area contributed by atoms with Crippen molar-refractivity contribution in [2.45, 2.75) is 59.2 Å². The van der Waals surface area contributed by atoms with Gasteiger partial charge in [0.2, 0.25) is 0 Å². The number of carbonyl (C=O) groups is 1. The molecule has 2 aromatic heterocycles. The Balaban J connectivity index is 1.79. The molecular formula is C24H35N6O6-. The second-order valence-corrected chi connectivity index (χ2v) is 10.6. The summed E-state index contributed by atoms with van der Waals surface area (Å²) in [6.45, 7) is 9.56. The molecule has 3 heterocycles. The van der Waals surface area contributed by atoms with Gasteiger partial charge in [-0.25, -0.2) is 0 Å². The van der Waals surface area contributed by atoms with Crippen LogP contribution in [0.1, 0.15) is 55.2 Å². The number of nitrogens with zero attached hydrogens (tertiary/aromatic N) is 5. The fraction of sp³-hybridized carbons (Fsp3) is 0.625. The zero-order valence-electron chi connectivity index (χ0n) is 21.5. The number of fused-ring (bicyclic) bond motifs is 1. The largest absolute Gasteiger partial charge is 0.859 e. The van der Waals surface area contributed by atoms with Gasteiger partial charge in [0.15, 0.2) is 0 Å². The number of rotatable bonds is 8. The van der Waals surface area contributed by atoms with Gasteiger partial charge in [0.25, 0.3) is 11.5 Å². The van der Waals surface area contributed by atoms with Crippen molar-refractivity contribution < 1.29 is 24.6 Å². The Labute approximate surface area is 209 Å². The summed E-state index contributed by atoms with van der Waals surface area (Å²) in [6, 6.07) is -0.179. The van der Waals surface area contributed by atoms with Crippen LogP contribution < -0.4 is 16.0 Å². The molecule has 12 nitrogen and oxygen atoms in total. The topological polar surface area (TPSA) is 137 Å². The Morgan fingerprint density at radius 2 is 2.11 bits per heavy atom. The number of hydrogen-bond acceptors (Lipinski definition) is 9. The van der Waals surface area contributed by atoms with E-state index >= 15 is 0 Å². The zero-order chi connectivity index (χ0) is 26.2. The molecule has 0 bridgehead atoms. The van der Waals surface area contributed by atoms with Gasteiger partial charge in [-0.05, 0) is 37.1 Å². The van der Waals surface area contributed by atoms with Crippen LogP contribution in [0.2, 0.25) is 0 Å². The number of hydrogen-bond donors (Lipinski definition) is 2. The second kappa shape index (κ2) is 10.2. The van der Waals surface area contributed by atoms with E-state index in [9.17, 15) is 19.9 Å². The molecule has 1 saturated carbocycles. The lowest BCUT2D eigenvalue weighted by molar-refractivity contribution is -0.280. The number of morpholine rings is 1. The van der Waals surface area contributed by atoms with Crippen molar-refractivity contribution in [2.24, 2.45) is 5.41 Å². The fourth-order valence-electron chi connectivity index (χ4n) is 4.32. The van der Waals surface area contributed by atoms with Gasteiger partial charge < -0.3 is 24.5 Å². The molecule has 0 radical (unpaired) electrons. The first-order valence-corrected chi connectivity index (χ1v) is 12.2. The van der Waals surface area contributed by atoms with Crippen LogP contribution in [0.5, 0.6) is 5.88 Å². The molecule has 198 valence electrons. The SMILES string of the molecule is COC[C@H]1COCCN1N(O)/C=C/c1c(C)nn2c(=O)c(C(=O)NC3CC3)c([O-])n(CC(C)(C)C)c12. The molecular weight excluding hydrogens is 468 g/mol. The number of methoxy groups -OCH3 is 1. The maximum absolute atomic E-state index is 13.5. The van der Waals surface area contributed by atoms with Crippen LogP contribution in [-0.4, -0.2) is 81.0 Å². The summed E-state index contributed by atoms with van der Waals surface area (Å²) in [5.74, 6) is -1.32. The molecule has 1 amide bonds. The molecule has 1 atom stereocenters. The summed E-state index contributed by atoms with van der Waals surface area (Å²) in [6.07, 6.45) is 4.72. The number of hydrazine groups is 1. The van der Waals surface area contributed by atoms with E-state index in [1.54, 1.807) is 25.1 Å². The summed E-state index contributed by atoms with van der Waals surface area (Å²) < 4.78 is 13.3. The van der Waals surface area contributed by atoms with Crippen LogP contribution in [0.4, 0.5) is 0 Å². The number of carbonyl (C=O) groups excluding carboxylic acids is 1. The van der Waals surface area contributed by atoms with Crippen molar-refractivity contribution in [3.8, 4) is 5.88 Å². The van der Waals surface area contributed by atoms with E-state index in [0.29, 0.717) is 37.6 Å². The predicted molar refractivity (Wildman–Crippen MR) is 129 cm³/mol. The minimum Gasteiger partial charge on any atom is -0.859 e. The highest BCUT2D eigenvalue weighted by Crippen LogP contribution is 2.27. The third-order valence-electron chi connectivity index (χ3n) is 6.17. The standard InChI is InChI=1S/C24H36N6O6/c1-15-18(8-9-29(34)28-10-11-36-13-17(28)12-35-5)21-27(14-24(2,3)4)22(32)19(23(33)30(21)26-15)20(31)25-16-6-7-16/h8-9,16-17,32,34H,6-7,10-14H2,1-5H3,(H,25,31)/p-1/b9-8+/t17-/m0/s1. The summed E-state index contributed by atoms with van der Waals surface area (Å²) >= 11 is 0. The van der Waals surface area contributed by atoms with Crippen LogP contribution in [0.3, 0.4) is 0 Å². The van der Waals surface area contributed by atoms with Crippen LogP contribution in [0.15, 0.2) is 11.0 Å². The molecule has 36 heavy (non-hydrogen) atoms. The van der Waals surface area contributed by atoms with E-state index < -0.39 is 22.9 Å². The number of hydroxylamine groups is 1. The van der Waals surface area contributed by atoms with E-state index in [1.165, 1.54) is 10.8 Å². The van der Waals surface area contributed by atoms with Gasteiger partial charge in [-0.2, -0.15) is 19.8 Å². The van der Waals surface area contributed by atoms with E-state index in [1.807, 2.05) is 20.8 Å². The highest BCUT2D eigenvalue weighted by molar-refractivity contribution is 5.96. The maximum Gasteiger partial charge on any atom is 0.286 e. The summed E-state index contributed by atoms with van der Waals surface area (Å²) in [5, 5.41) is 34.1. The van der Waals surface area contributed by atoms with E-state index in [-0.39, 0.29) is 29.7 Å². The van der Waals surface area contributed by atoms with E-state index in [4.69, 9.17) is 9.47 Å². The number of aromatic nitrogens is 3. The summed E-state index contributed by atoms with van der Waals surface area (Å²) in [4.78, 5) is 26.1. The molecule has 2 fully saturated rings. The summed E-state index contributed by atoms with van der Waals surface area (Å²) in [5.41, 5.74) is -0.262. The Kier molecular flexibility index (Phi) is 7.41. The highest BCUT2D eigenvalue weighted by Gasteiger charge is 2.29. The van der Waals surface area contributed by atoms with Crippen molar-refractivity contribution in [3.05, 3.63) is 33.4 Å². The lowest BCUT2D eigenvalue weighted by Gasteiger charge is -2.38. The van der Waals surface area contributed by atoms with Crippen molar-refractivity contribution in [2.75, 3.05) is 33.5 Å². The summed E-state index contributed by atoms with van der Waals surface area (Å²) in [7, 11) is 1.58. The van der Waals surface area contributed by atoms with Gasteiger partial charge >= 0.3 is 0 Å². The molecule has 0 unspecified atom stereocenters. The minimum absolute atomic E-state index is 0.00132. The molecule has 0 spiro atoms. The normalized spacial score (nSPS) is 19.3. The molecule has 2 aliphatic rings. The molecule has 2 N–H and O–H groups in total. The molecule has 4 rings (SSSR count). The number of amides is 1. The van der Waals surface area contributed by atoms with Gasteiger partial charge in [0.1, 0.15) is 11.2 Å². The molecule has 1 aliphatic carbocycles. The fourth-order valence-corrected chi connectivity index (χ4v) is 4.32. The molecule has 12 heteroatoms. The van der Waals surface area contributed by atoms with Crippen molar-refractivity contribution in [1.82, 2.24) is 29.7 Å². The first-order valence-electron chi connectivity index (χ1n) is 12.2. The zero-order valence-corrected chi connectivity index (χ0v) is 21.5. The van der Waals surface area contributed by atoms with Gasteiger partial charge in [0, 0.05) is 38.0 Å². The number of ether oxygens (including phenoxy) is 2. The lowest BCUT2D eigenvalue weighted by Crippen LogP contribution is -2.53.